The van der Waals surface area contributed by atoms with Crippen LogP contribution in [0.1, 0.15) is 19.8 Å². The first-order chi connectivity index (χ1) is 10.6. The maximum Gasteiger partial charge on any atom is 0.243 e. The van der Waals surface area contributed by atoms with Gasteiger partial charge in [-0.15, -0.1) is 0 Å². The van der Waals surface area contributed by atoms with E-state index in [-0.39, 0.29) is 0 Å². The fourth-order valence-corrected chi connectivity index (χ4v) is 2.70. The molecular weight excluding hydrogens is 333 g/mol. The predicted octanol–water partition coefficient (Wildman–Crippen LogP) is 2.13. The minimum Gasteiger partial charge on any atom is -0.344 e. The Hall–Kier alpha value is -1.77. The van der Waals surface area contributed by atoms with Gasteiger partial charge in [0, 0.05) is 13.6 Å². The molecule has 0 saturated carbocycles. The van der Waals surface area contributed by atoms with Crippen LogP contribution in [0.2, 0.25) is 0 Å². The summed E-state index contributed by atoms with van der Waals surface area (Å²) in [5.41, 5.74) is -0.705. The van der Waals surface area contributed by atoms with Gasteiger partial charge in [0.25, 0.3) is 0 Å². The molecule has 0 atom stereocenters. The zero-order chi connectivity index (χ0) is 17.8. The number of unbranched alkanes of at least 4 members (excludes halogenated alkanes) is 1. The molecule has 5 nitrogen and oxygen atoms in total. The molecule has 0 aliphatic carbocycles. The number of nitrogens with zero attached hydrogens (tertiary/aromatic N) is 2. The molecule has 0 bridgehead atoms. The largest absolute Gasteiger partial charge is 0.344 e. The van der Waals surface area contributed by atoms with Crippen LogP contribution in [0, 0.1) is 17.5 Å². The van der Waals surface area contributed by atoms with E-state index in [4.69, 9.17) is 0 Å². The quantitative estimate of drug-likeness (QED) is 0.707. The molecule has 0 aliphatic rings. The highest BCUT2D eigenvalue weighted by molar-refractivity contribution is 7.92. The Balaban J connectivity index is 3.14. The molecule has 130 valence electrons. The lowest BCUT2D eigenvalue weighted by Gasteiger charge is -2.25. The third-order valence-corrected chi connectivity index (χ3v) is 4.36. The number of hydrogen-bond acceptors (Lipinski definition) is 3. The van der Waals surface area contributed by atoms with Crippen LogP contribution >= 0.6 is 0 Å². The third-order valence-electron chi connectivity index (χ3n) is 3.24. The highest BCUT2D eigenvalue weighted by atomic mass is 32.2. The Morgan fingerprint density at radius 2 is 1.78 bits per heavy atom. The number of amides is 1. The molecule has 0 unspecified atom stereocenters. The zero-order valence-electron chi connectivity index (χ0n) is 13.1. The van der Waals surface area contributed by atoms with Gasteiger partial charge in [0.05, 0.1) is 11.9 Å². The van der Waals surface area contributed by atoms with Crippen molar-refractivity contribution >= 4 is 21.6 Å². The highest BCUT2D eigenvalue weighted by Gasteiger charge is 2.27. The second-order valence-corrected chi connectivity index (χ2v) is 7.04. The molecule has 0 spiro atoms. The lowest BCUT2D eigenvalue weighted by molar-refractivity contribution is -0.128. The Morgan fingerprint density at radius 3 is 2.30 bits per heavy atom. The van der Waals surface area contributed by atoms with Crippen molar-refractivity contribution < 1.29 is 26.4 Å². The van der Waals surface area contributed by atoms with Crippen LogP contribution in [-0.4, -0.2) is 45.6 Å². The maximum atomic E-state index is 13.9. The topological polar surface area (TPSA) is 57.7 Å². The molecule has 1 rings (SSSR count). The minimum atomic E-state index is -4.06. The maximum absolute atomic E-state index is 13.9. The van der Waals surface area contributed by atoms with Gasteiger partial charge in [-0.3, -0.25) is 9.10 Å². The summed E-state index contributed by atoms with van der Waals surface area (Å²) in [4.78, 5) is 13.4. The third kappa shape index (κ3) is 4.85. The molecule has 1 aromatic carbocycles. The number of benzene rings is 1. The minimum absolute atomic E-state index is 0.410. The van der Waals surface area contributed by atoms with Gasteiger partial charge in [-0.25, -0.2) is 21.6 Å². The zero-order valence-corrected chi connectivity index (χ0v) is 14.0. The smallest absolute Gasteiger partial charge is 0.243 e. The van der Waals surface area contributed by atoms with Crippen LogP contribution in [0.4, 0.5) is 18.9 Å². The molecule has 0 fully saturated rings. The van der Waals surface area contributed by atoms with Crippen molar-refractivity contribution in [2.24, 2.45) is 0 Å². The summed E-state index contributed by atoms with van der Waals surface area (Å²) in [5.74, 6) is -5.46. The molecule has 23 heavy (non-hydrogen) atoms. The number of carbonyl (C=O) groups excluding carboxylic acids is 1. The summed E-state index contributed by atoms with van der Waals surface area (Å²) < 4.78 is 64.3. The number of anilines is 1. The standard InChI is InChI=1S/C14H19F3N2O3S/c1-4-5-8-18(2)12(20)9-19(23(3,21)22)11-7-6-10(15)13(16)14(11)17/h6-7H,4-5,8-9H2,1-3H3. The summed E-state index contributed by atoms with van der Waals surface area (Å²) in [6.07, 6.45) is 2.32. The average Bonchev–Trinajstić information content (AvgIpc) is 2.47. The first-order valence-corrected chi connectivity index (χ1v) is 8.79. The predicted molar refractivity (Wildman–Crippen MR) is 81.1 cm³/mol. The summed E-state index contributed by atoms with van der Waals surface area (Å²) in [5, 5.41) is 0. The van der Waals surface area contributed by atoms with Gasteiger partial charge in [0.2, 0.25) is 15.9 Å². The Labute approximate surface area is 133 Å². The SMILES string of the molecule is CCCCN(C)C(=O)CN(c1ccc(F)c(F)c1F)S(C)(=O)=O. The Kier molecular flexibility index (Phi) is 6.43. The van der Waals surface area contributed by atoms with Gasteiger partial charge >= 0.3 is 0 Å². The first-order valence-electron chi connectivity index (χ1n) is 6.94. The van der Waals surface area contributed by atoms with Gasteiger partial charge in [-0.05, 0) is 18.6 Å². The molecule has 0 radical (unpaired) electrons. The van der Waals surface area contributed by atoms with Crippen molar-refractivity contribution in [3.63, 3.8) is 0 Å². The number of carbonyl (C=O) groups is 1. The average molecular weight is 352 g/mol. The fraction of sp³-hybridized carbons (Fsp3) is 0.500. The molecule has 0 N–H and O–H groups in total. The summed E-state index contributed by atoms with van der Waals surface area (Å²) >= 11 is 0. The van der Waals surface area contributed by atoms with Crippen LogP contribution in [-0.2, 0) is 14.8 Å². The molecule has 0 aromatic heterocycles. The molecule has 0 aliphatic heterocycles. The van der Waals surface area contributed by atoms with E-state index in [9.17, 15) is 26.4 Å². The van der Waals surface area contributed by atoms with E-state index in [1.54, 1.807) is 0 Å². The first kappa shape index (κ1) is 19.3. The van der Waals surface area contributed by atoms with Crippen LogP contribution in [0.25, 0.3) is 0 Å². The van der Waals surface area contributed by atoms with Crippen molar-refractivity contribution in [3.05, 3.63) is 29.6 Å². The van der Waals surface area contributed by atoms with Crippen LogP contribution in [0.3, 0.4) is 0 Å². The van der Waals surface area contributed by atoms with E-state index in [1.807, 2.05) is 6.92 Å². The van der Waals surface area contributed by atoms with Crippen molar-refractivity contribution in [2.75, 3.05) is 30.7 Å². The second kappa shape index (κ2) is 7.67. The highest BCUT2D eigenvalue weighted by Crippen LogP contribution is 2.25. The number of halogens is 3. The number of likely N-dealkylation sites (N-methyl/N-ethyl adjacent to an activating group) is 1. The number of hydrogen-bond donors (Lipinski definition) is 0. The summed E-state index contributed by atoms with van der Waals surface area (Å²) in [6.45, 7) is 1.64. The van der Waals surface area contributed by atoms with Crippen molar-refractivity contribution in [1.82, 2.24) is 4.90 Å². The van der Waals surface area contributed by atoms with Crippen LogP contribution < -0.4 is 4.31 Å². The van der Waals surface area contributed by atoms with Crippen molar-refractivity contribution in [3.8, 4) is 0 Å². The van der Waals surface area contributed by atoms with E-state index in [0.29, 0.717) is 16.9 Å². The lowest BCUT2D eigenvalue weighted by atomic mass is 10.2. The number of sulfonamides is 1. The van der Waals surface area contributed by atoms with Crippen molar-refractivity contribution in [1.29, 1.82) is 0 Å². The Morgan fingerprint density at radius 1 is 1.17 bits per heavy atom. The van der Waals surface area contributed by atoms with Gasteiger partial charge < -0.3 is 4.90 Å². The molecule has 0 heterocycles. The fourth-order valence-electron chi connectivity index (χ4n) is 1.85. The molecular formula is C14H19F3N2O3S. The van der Waals surface area contributed by atoms with E-state index >= 15 is 0 Å². The van der Waals surface area contributed by atoms with E-state index in [0.717, 1.165) is 25.2 Å². The molecule has 1 aromatic rings. The van der Waals surface area contributed by atoms with Crippen LogP contribution in [0.15, 0.2) is 12.1 Å². The van der Waals surface area contributed by atoms with Crippen molar-refractivity contribution in [2.45, 2.75) is 19.8 Å². The van der Waals surface area contributed by atoms with Gasteiger partial charge in [-0.1, -0.05) is 13.3 Å². The van der Waals surface area contributed by atoms with Gasteiger partial charge in [0.1, 0.15) is 6.54 Å². The summed E-state index contributed by atoms with van der Waals surface area (Å²) in [6, 6.07) is 1.39. The molecule has 0 saturated heterocycles. The lowest BCUT2D eigenvalue weighted by Crippen LogP contribution is -2.42. The van der Waals surface area contributed by atoms with Gasteiger partial charge in [-0.2, -0.15) is 0 Å². The van der Waals surface area contributed by atoms with E-state index < -0.39 is 45.6 Å². The normalized spacial score (nSPS) is 11.4. The Bertz CT molecular complexity index is 680. The number of rotatable bonds is 7. The van der Waals surface area contributed by atoms with E-state index in [1.165, 1.54) is 11.9 Å². The summed E-state index contributed by atoms with van der Waals surface area (Å²) in [7, 11) is -2.58. The monoisotopic (exact) mass is 352 g/mol. The van der Waals surface area contributed by atoms with Gasteiger partial charge in [0.15, 0.2) is 17.5 Å². The second-order valence-electron chi connectivity index (χ2n) is 5.13. The van der Waals surface area contributed by atoms with Crippen LogP contribution in [0.5, 0.6) is 0 Å². The van der Waals surface area contributed by atoms with E-state index in [2.05, 4.69) is 0 Å². The molecule has 9 heteroatoms. The molecule has 1 amide bonds.